The summed E-state index contributed by atoms with van der Waals surface area (Å²) in [6.07, 6.45) is 4.90. The Labute approximate surface area is 137 Å². The van der Waals surface area contributed by atoms with Crippen molar-refractivity contribution < 1.29 is 4.79 Å². The SMILES string of the molecule is Cl.Cl.Cn1cc(N2CCN(C(=O)C3CCNC3)CC2)cn1. The second-order valence-electron chi connectivity index (χ2n) is 5.37. The molecule has 3 rings (SSSR count). The van der Waals surface area contributed by atoms with E-state index in [4.69, 9.17) is 0 Å². The largest absolute Gasteiger partial charge is 0.365 e. The Morgan fingerprint density at radius 1 is 1.29 bits per heavy atom. The Balaban J connectivity index is 0.00000110. The first-order valence-electron chi connectivity index (χ1n) is 6.97. The zero-order valence-electron chi connectivity index (χ0n) is 12.2. The van der Waals surface area contributed by atoms with Gasteiger partial charge in [-0.1, -0.05) is 0 Å². The fourth-order valence-corrected chi connectivity index (χ4v) is 2.88. The molecule has 2 fully saturated rings. The Morgan fingerprint density at radius 2 is 2.00 bits per heavy atom. The molecule has 2 aliphatic rings. The molecule has 0 aromatic carbocycles. The molecule has 120 valence electrons. The lowest BCUT2D eigenvalue weighted by molar-refractivity contribution is -0.135. The van der Waals surface area contributed by atoms with Crippen molar-refractivity contribution in [1.29, 1.82) is 0 Å². The molecule has 1 amide bonds. The van der Waals surface area contributed by atoms with Crippen LogP contribution in [-0.2, 0) is 11.8 Å². The van der Waals surface area contributed by atoms with Crippen molar-refractivity contribution in [1.82, 2.24) is 20.0 Å². The van der Waals surface area contributed by atoms with Gasteiger partial charge in [-0.15, -0.1) is 24.8 Å². The maximum atomic E-state index is 12.3. The molecule has 1 aromatic heterocycles. The molecule has 1 unspecified atom stereocenters. The molecule has 21 heavy (non-hydrogen) atoms. The highest BCUT2D eigenvalue weighted by Gasteiger charge is 2.29. The number of piperazine rings is 1. The maximum absolute atomic E-state index is 12.3. The lowest BCUT2D eigenvalue weighted by atomic mass is 10.1. The number of nitrogens with one attached hydrogen (secondary N) is 1. The highest BCUT2D eigenvalue weighted by Crippen LogP contribution is 2.17. The van der Waals surface area contributed by atoms with E-state index in [1.165, 1.54) is 0 Å². The van der Waals surface area contributed by atoms with E-state index in [-0.39, 0.29) is 30.7 Å². The Kier molecular flexibility index (Phi) is 6.77. The summed E-state index contributed by atoms with van der Waals surface area (Å²) in [7, 11) is 1.93. The van der Waals surface area contributed by atoms with Gasteiger partial charge in [-0.3, -0.25) is 9.48 Å². The van der Waals surface area contributed by atoms with Crippen LogP contribution in [0, 0.1) is 5.92 Å². The van der Waals surface area contributed by atoms with Crippen LogP contribution in [-0.4, -0.2) is 59.9 Å². The molecule has 0 saturated carbocycles. The van der Waals surface area contributed by atoms with Gasteiger partial charge in [-0.25, -0.2) is 0 Å². The minimum atomic E-state index is 0. The Bertz CT molecular complexity index is 453. The van der Waals surface area contributed by atoms with Crippen LogP contribution < -0.4 is 10.2 Å². The fraction of sp³-hybridized carbons (Fsp3) is 0.692. The summed E-state index contributed by atoms with van der Waals surface area (Å²) in [6.45, 7) is 5.28. The molecular formula is C13H23Cl2N5O. The van der Waals surface area contributed by atoms with Crippen LogP contribution in [0.25, 0.3) is 0 Å². The van der Waals surface area contributed by atoms with Crippen LogP contribution in [0.4, 0.5) is 5.69 Å². The third kappa shape index (κ3) is 4.02. The van der Waals surface area contributed by atoms with E-state index in [2.05, 4.69) is 15.3 Å². The highest BCUT2D eigenvalue weighted by atomic mass is 35.5. The molecule has 1 aromatic rings. The number of aryl methyl sites for hydroxylation is 1. The topological polar surface area (TPSA) is 53.4 Å². The minimum Gasteiger partial charge on any atom is -0.365 e. The van der Waals surface area contributed by atoms with Gasteiger partial charge in [0.05, 0.1) is 17.8 Å². The highest BCUT2D eigenvalue weighted by molar-refractivity contribution is 5.85. The summed E-state index contributed by atoms with van der Waals surface area (Å²) in [4.78, 5) is 16.6. The van der Waals surface area contributed by atoms with Gasteiger partial charge >= 0.3 is 0 Å². The van der Waals surface area contributed by atoms with Crippen LogP contribution in [0.5, 0.6) is 0 Å². The first-order chi connectivity index (χ1) is 9.24. The third-order valence-electron chi connectivity index (χ3n) is 4.06. The van der Waals surface area contributed by atoms with Gasteiger partial charge < -0.3 is 15.1 Å². The van der Waals surface area contributed by atoms with E-state index in [1.807, 2.05) is 29.0 Å². The number of carbonyl (C=O) groups excluding carboxylic acids is 1. The predicted octanol–water partition coefficient (Wildman–Crippen LogP) is 0.522. The zero-order valence-corrected chi connectivity index (χ0v) is 13.8. The van der Waals surface area contributed by atoms with E-state index in [1.54, 1.807) is 0 Å². The number of carbonyl (C=O) groups is 1. The predicted molar refractivity (Wildman–Crippen MR) is 87.5 cm³/mol. The number of amides is 1. The standard InChI is InChI=1S/C13H21N5O.2ClH/c1-16-10-12(9-15-16)17-4-6-18(7-5-17)13(19)11-2-3-14-8-11;;/h9-11,14H,2-8H2,1H3;2*1H. The molecule has 0 radical (unpaired) electrons. The lowest BCUT2D eigenvalue weighted by Crippen LogP contribution is -2.50. The molecule has 0 aliphatic carbocycles. The molecule has 1 atom stereocenters. The second kappa shape index (κ2) is 7.87. The van der Waals surface area contributed by atoms with Crippen molar-refractivity contribution in [2.24, 2.45) is 13.0 Å². The van der Waals surface area contributed by atoms with Gasteiger partial charge in [0.15, 0.2) is 0 Å². The molecule has 3 heterocycles. The van der Waals surface area contributed by atoms with Gasteiger partial charge in [0.2, 0.25) is 5.91 Å². The molecular weight excluding hydrogens is 313 g/mol. The van der Waals surface area contributed by atoms with Crippen molar-refractivity contribution in [3.8, 4) is 0 Å². The number of anilines is 1. The molecule has 1 N–H and O–H groups in total. The van der Waals surface area contributed by atoms with Gasteiger partial charge in [-0.05, 0) is 13.0 Å². The maximum Gasteiger partial charge on any atom is 0.227 e. The smallest absolute Gasteiger partial charge is 0.227 e. The summed E-state index contributed by atoms with van der Waals surface area (Å²) >= 11 is 0. The average Bonchev–Trinajstić information content (AvgIpc) is 3.09. The lowest BCUT2D eigenvalue weighted by Gasteiger charge is -2.36. The molecule has 8 heteroatoms. The fourth-order valence-electron chi connectivity index (χ4n) is 2.88. The van der Waals surface area contributed by atoms with Crippen LogP contribution >= 0.6 is 24.8 Å². The van der Waals surface area contributed by atoms with E-state index < -0.39 is 0 Å². The van der Waals surface area contributed by atoms with E-state index in [0.29, 0.717) is 5.91 Å². The van der Waals surface area contributed by atoms with Crippen LogP contribution in [0.2, 0.25) is 0 Å². The Morgan fingerprint density at radius 3 is 2.52 bits per heavy atom. The van der Waals surface area contributed by atoms with Gasteiger partial charge in [0, 0.05) is 46.0 Å². The normalized spacial score (nSPS) is 21.7. The Hall–Kier alpha value is -0.980. The summed E-state index contributed by atoms with van der Waals surface area (Å²) in [6, 6.07) is 0. The summed E-state index contributed by atoms with van der Waals surface area (Å²) in [5, 5.41) is 7.46. The number of nitrogens with zero attached hydrogens (tertiary/aromatic N) is 4. The van der Waals surface area contributed by atoms with Crippen LogP contribution in [0.15, 0.2) is 12.4 Å². The van der Waals surface area contributed by atoms with Gasteiger partial charge in [-0.2, -0.15) is 5.10 Å². The van der Waals surface area contributed by atoms with Crippen LogP contribution in [0.1, 0.15) is 6.42 Å². The number of hydrogen-bond acceptors (Lipinski definition) is 4. The van der Waals surface area contributed by atoms with Gasteiger partial charge in [0.25, 0.3) is 0 Å². The minimum absolute atomic E-state index is 0. The van der Waals surface area contributed by atoms with Crippen molar-refractivity contribution in [3.63, 3.8) is 0 Å². The third-order valence-corrected chi connectivity index (χ3v) is 4.06. The van der Waals surface area contributed by atoms with E-state index >= 15 is 0 Å². The molecule has 2 aliphatic heterocycles. The monoisotopic (exact) mass is 335 g/mol. The van der Waals surface area contributed by atoms with Crippen molar-refractivity contribution in [2.45, 2.75) is 6.42 Å². The summed E-state index contributed by atoms with van der Waals surface area (Å²) in [5.74, 6) is 0.528. The molecule has 6 nitrogen and oxygen atoms in total. The van der Waals surface area contributed by atoms with Crippen molar-refractivity contribution in [3.05, 3.63) is 12.4 Å². The first kappa shape index (κ1) is 18.1. The number of hydrogen-bond donors (Lipinski definition) is 1. The zero-order chi connectivity index (χ0) is 13.2. The average molecular weight is 336 g/mol. The molecule has 2 saturated heterocycles. The first-order valence-corrected chi connectivity index (χ1v) is 6.97. The van der Waals surface area contributed by atoms with Crippen molar-refractivity contribution in [2.75, 3.05) is 44.2 Å². The summed E-state index contributed by atoms with van der Waals surface area (Å²) < 4.78 is 1.82. The number of halogens is 2. The molecule has 0 spiro atoms. The van der Waals surface area contributed by atoms with Gasteiger partial charge in [0.1, 0.15) is 0 Å². The number of aromatic nitrogens is 2. The van der Waals surface area contributed by atoms with E-state index in [0.717, 1.165) is 51.4 Å². The second-order valence-corrected chi connectivity index (χ2v) is 5.37. The number of rotatable bonds is 2. The van der Waals surface area contributed by atoms with E-state index in [9.17, 15) is 4.79 Å². The summed E-state index contributed by atoms with van der Waals surface area (Å²) in [5.41, 5.74) is 1.15. The quantitative estimate of drug-likeness (QED) is 0.856. The molecule has 0 bridgehead atoms. The van der Waals surface area contributed by atoms with Crippen LogP contribution in [0.3, 0.4) is 0 Å². The van der Waals surface area contributed by atoms with Crippen molar-refractivity contribution >= 4 is 36.4 Å².